The summed E-state index contributed by atoms with van der Waals surface area (Å²) >= 11 is 0. The second-order valence-electron chi connectivity index (χ2n) is 0.250. The molecule has 0 heterocycles. The maximum absolute atomic E-state index is 8.33. The number of carboxylic acid groups (broad SMARTS) is 2. The van der Waals surface area contributed by atoms with Gasteiger partial charge in [-0.2, -0.15) is 0 Å². The Balaban J connectivity index is -0.0000000450. The first-order chi connectivity index (χ1) is 1.73. The van der Waals surface area contributed by atoms with Gasteiger partial charge in [-0.1, -0.05) is 0 Å². The molecule has 0 aliphatic carbocycles. The molecule has 0 unspecified atom stereocenters. The van der Waals surface area contributed by atoms with Crippen LogP contribution < -0.4 is 10.2 Å². The van der Waals surface area contributed by atoms with E-state index in [2.05, 4.69) is 0 Å². The van der Waals surface area contributed by atoms with Crippen molar-refractivity contribution in [2.75, 3.05) is 0 Å². The molecule has 0 aliphatic rings. The summed E-state index contributed by atoms with van der Waals surface area (Å²) in [5.41, 5.74) is 0. The van der Waals surface area contributed by atoms with E-state index < -0.39 is 6.16 Å². The first-order valence-electron chi connectivity index (χ1n) is 0.612. The molecular weight excluding hydrogens is 179 g/mol. The van der Waals surface area contributed by atoms with Gasteiger partial charge in [-0.25, -0.2) is 0 Å². The normalized spacial score (nSPS) is 4.00. The van der Waals surface area contributed by atoms with Crippen LogP contribution in [0.5, 0.6) is 0 Å². The molecule has 0 saturated carbocycles. The van der Waals surface area contributed by atoms with Gasteiger partial charge in [-0.3, -0.25) is 0 Å². The summed E-state index contributed by atoms with van der Waals surface area (Å²) in [5.74, 6) is 0. The summed E-state index contributed by atoms with van der Waals surface area (Å²) in [7, 11) is 0. The fourth-order valence-electron chi connectivity index (χ4n) is 0. The molecule has 0 radical (unpaired) electrons. The molecule has 38 valence electrons. The van der Waals surface area contributed by atoms with Crippen molar-refractivity contribution >= 4 is 6.16 Å². The number of hydrogen-bond acceptors (Lipinski definition) is 4. The predicted octanol–water partition coefficient (Wildman–Crippen LogP) is -2.63. The van der Waals surface area contributed by atoms with Crippen LogP contribution >= 0.6 is 0 Å². The molecule has 0 aromatic heterocycles. The van der Waals surface area contributed by atoms with Crippen molar-refractivity contribution in [2.45, 2.75) is 0 Å². The van der Waals surface area contributed by atoms with Gasteiger partial charge in [0.25, 0.3) is 0 Å². The minimum absolute atomic E-state index is 0. The van der Waals surface area contributed by atoms with Crippen LogP contribution in [0.15, 0.2) is 0 Å². The van der Waals surface area contributed by atoms with Crippen LogP contribution in [0, 0.1) is 0 Å². The number of rotatable bonds is 0. The third-order valence-electron chi connectivity index (χ3n) is 0. The van der Waals surface area contributed by atoms with Crippen molar-refractivity contribution < 1.29 is 40.0 Å². The molecule has 0 saturated heterocycles. The van der Waals surface area contributed by atoms with Gasteiger partial charge < -0.3 is 20.5 Å². The maximum atomic E-state index is 8.33. The fraction of sp³-hybridized carbons (Fsp3) is 0. The van der Waals surface area contributed by atoms with Crippen molar-refractivity contribution in [2.24, 2.45) is 0 Å². The molecule has 0 atom stereocenters. The van der Waals surface area contributed by atoms with E-state index in [0.29, 0.717) is 0 Å². The van der Waals surface area contributed by atoms with Gasteiger partial charge in [0.15, 0.2) is 0 Å². The summed E-state index contributed by atoms with van der Waals surface area (Å²) in [6, 6.07) is 0. The molecule has 1 N–H and O–H groups in total. The third-order valence-corrected chi connectivity index (χ3v) is 0. The quantitative estimate of drug-likeness (QED) is 0.381. The van der Waals surface area contributed by atoms with E-state index in [1.807, 2.05) is 0 Å². The Morgan fingerprint density at radius 3 is 1.33 bits per heavy atom. The van der Waals surface area contributed by atoms with Crippen molar-refractivity contribution in [3.63, 3.8) is 0 Å². The Morgan fingerprint density at radius 2 is 1.33 bits per heavy atom. The molecule has 6 heavy (non-hydrogen) atoms. The van der Waals surface area contributed by atoms with Crippen LogP contribution in [0.4, 0.5) is 4.79 Å². The molecule has 5 heteroatoms. The molecule has 0 bridgehead atoms. The van der Waals surface area contributed by atoms with Crippen molar-refractivity contribution in [1.29, 1.82) is 0 Å². The van der Waals surface area contributed by atoms with E-state index >= 15 is 0 Å². The average Bonchev–Trinajstić information content (AvgIpc) is 0.811. The molecule has 0 fully saturated rings. The van der Waals surface area contributed by atoms with Gasteiger partial charge in [-0.05, 0) is 6.16 Å². The minimum Gasteiger partial charge on any atom is -0.870 e. The van der Waals surface area contributed by atoms with Crippen molar-refractivity contribution in [3.8, 4) is 0 Å². The van der Waals surface area contributed by atoms with Gasteiger partial charge in [0.1, 0.15) is 0 Å². The molecule has 0 spiro atoms. The first kappa shape index (κ1) is 16.9. The summed E-state index contributed by atoms with van der Waals surface area (Å²) < 4.78 is 0. The Labute approximate surface area is 46.9 Å². The van der Waals surface area contributed by atoms with Crippen LogP contribution in [0.2, 0.25) is 0 Å². The Morgan fingerprint density at radius 1 is 1.33 bits per heavy atom. The molecule has 0 aliphatic heterocycles. The van der Waals surface area contributed by atoms with Crippen LogP contribution in [0.3, 0.4) is 0 Å². The third kappa shape index (κ3) is 1460. The molecule has 4 nitrogen and oxygen atoms in total. The summed E-state index contributed by atoms with van der Waals surface area (Å²) in [6.07, 6.45) is -2.33. The van der Waals surface area contributed by atoms with Gasteiger partial charge in [0, 0.05) is 0 Å². The number of carbonyl (C=O) groups is 1. The van der Waals surface area contributed by atoms with Crippen LogP contribution in [0.1, 0.15) is 0 Å². The SMILES string of the molecule is O=C([O-])[O-].[OH-].[Rh+3]. The Hall–Kier alpha value is -0.147. The van der Waals surface area contributed by atoms with Gasteiger partial charge in [0.05, 0.1) is 0 Å². The Kier molecular flexibility index (Phi) is 25.0. The van der Waals surface area contributed by atoms with Crippen molar-refractivity contribution in [1.82, 2.24) is 0 Å². The average molecular weight is 180 g/mol. The monoisotopic (exact) mass is 180 g/mol. The zero-order chi connectivity index (χ0) is 3.58. The van der Waals surface area contributed by atoms with Crippen LogP contribution in [0.25, 0.3) is 0 Å². The molecule has 0 amide bonds. The zero-order valence-corrected chi connectivity index (χ0v) is 4.14. The van der Waals surface area contributed by atoms with Gasteiger partial charge >= 0.3 is 19.5 Å². The van der Waals surface area contributed by atoms with Crippen molar-refractivity contribution in [3.05, 3.63) is 0 Å². The molecule has 0 aromatic rings. The summed E-state index contributed by atoms with van der Waals surface area (Å²) in [6.45, 7) is 0. The molecule has 0 aromatic carbocycles. The van der Waals surface area contributed by atoms with E-state index in [1.165, 1.54) is 0 Å². The summed E-state index contributed by atoms with van der Waals surface area (Å²) in [5, 5.41) is 16.7. The number of hydrogen-bond donors (Lipinski definition) is 0. The van der Waals surface area contributed by atoms with Gasteiger partial charge in [-0.15, -0.1) is 0 Å². The van der Waals surface area contributed by atoms with E-state index in [9.17, 15) is 0 Å². The van der Waals surface area contributed by atoms with Gasteiger partial charge in [0.2, 0.25) is 0 Å². The Bertz CT molecular complexity index is 30.5. The standard InChI is InChI=1S/CH2O3.H2O.Rh/c2-1(3)4;;/h(H2,2,3,4);1H2;/q;;+3/p-3. The second-order valence-corrected chi connectivity index (χ2v) is 0.250. The largest absolute Gasteiger partial charge is 3.00 e. The zero-order valence-electron chi connectivity index (χ0n) is 2.51. The predicted molar refractivity (Wildman–Crippen MR) is 7.33 cm³/mol. The fourth-order valence-corrected chi connectivity index (χ4v) is 0. The van der Waals surface area contributed by atoms with E-state index in [0.717, 1.165) is 0 Å². The summed E-state index contributed by atoms with van der Waals surface area (Å²) in [4.78, 5) is 8.33. The minimum atomic E-state index is -2.33. The van der Waals surface area contributed by atoms with Crippen LogP contribution in [-0.2, 0) is 19.5 Å². The smallest absolute Gasteiger partial charge is 0.870 e. The second kappa shape index (κ2) is 8.85. The first-order valence-corrected chi connectivity index (χ1v) is 0.612. The molecular formula is CHO4Rh. The number of carbonyl (C=O) groups excluding carboxylic acids is 1. The van der Waals surface area contributed by atoms with E-state index in [4.69, 9.17) is 15.0 Å². The topological polar surface area (TPSA) is 93.2 Å². The maximum Gasteiger partial charge on any atom is 3.00 e. The van der Waals surface area contributed by atoms with Crippen LogP contribution in [-0.4, -0.2) is 11.6 Å². The molecule has 0 rings (SSSR count). The van der Waals surface area contributed by atoms with E-state index in [1.54, 1.807) is 0 Å². The van der Waals surface area contributed by atoms with E-state index in [-0.39, 0.29) is 25.0 Å².